The van der Waals surface area contributed by atoms with Gasteiger partial charge in [0.1, 0.15) is 0 Å². The molecule has 1 aliphatic heterocycles. The zero-order valence-electron chi connectivity index (χ0n) is 14.7. The first-order valence-electron chi connectivity index (χ1n) is 9.01. The molecule has 0 bridgehead atoms. The molecule has 0 unspecified atom stereocenters. The Hall–Kier alpha value is -2.58. The number of hydrogen-bond acceptors (Lipinski definition) is 1. The number of hydrogen-bond donors (Lipinski definition) is 1. The molecule has 0 saturated carbocycles. The Morgan fingerprint density at radius 1 is 1.08 bits per heavy atom. The molecular formula is C23H24N2. The Morgan fingerprint density at radius 2 is 1.96 bits per heavy atom. The van der Waals surface area contributed by atoms with E-state index in [0.29, 0.717) is 0 Å². The van der Waals surface area contributed by atoms with Gasteiger partial charge in [-0.2, -0.15) is 0 Å². The van der Waals surface area contributed by atoms with Crippen LogP contribution < -0.4 is 0 Å². The summed E-state index contributed by atoms with van der Waals surface area (Å²) in [5.41, 5.74) is 6.57. The van der Waals surface area contributed by atoms with Crippen LogP contribution in [-0.2, 0) is 0 Å². The van der Waals surface area contributed by atoms with Crippen molar-refractivity contribution >= 4 is 22.6 Å². The lowest BCUT2D eigenvalue weighted by Gasteiger charge is -2.25. The third kappa shape index (κ3) is 3.59. The van der Waals surface area contributed by atoms with Crippen LogP contribution in [0.15, 0.2) is 66.7 Å². The molecule has 0 spiro atoms. The second kappa shape index (κ2) is 7.12. The number of nitrogens with one attached hydrogen (secondary N) is 1. The highest BCUT2D eigenvalue weighted by molar-refractivity contribution is 5.89. The van der Waals surface area contributed by atoms with E-state index in [-0.39, 0.29) is 0 Å². The van der Waals surface area contributed by atoms with E-state index < -0.39 is 0 Å². The van der Waals surface area contributed by atoms with E-state index in [4.69, 9.17) is 0 Å². The van der Waals surface area contributed by atoms with Gasteiger partial charge in [-0.25, -0.2) is 0 Å². The fourth-order valence-electron chi connectivity index (χ4n) is 3.58. The Kier molecular flexibility index (Phi) is 4.53. The average Bonchev–Trinajstić information content (AvgIpc) is 3.04. The fraction of sp³-hybridized carbons (Fsp3) is 0.217. The van der Waals surface area contributed by atoms with Crippen LogP contribution in [0, 0.1) is 6.92 Å². The summed E-state index contributed by atoms with van der Waals surface area (Å²) < 4.78 is 0. The zero-order valence-corrected chi connectivity index (χ0v) is 14.7. The van der Waals surface area contributed by atoms with Crippen LogP contribution in [0.25, 0.3) is 22.6 Å². The van der Waals surface area contributed by atoms with E-state index in [1.54, 1.807) is 0 Å². The van der Waals surface area contributed by atoms with Crippen molar-refractivity contribution < 1.29 is 0 Å². The SMILES string of the molecule is Cc1cc2c(C=CCN3CC=C(c4ccccc4)CC3)cccc2[nH]1. The number of rotatable bonds is 4. The highest BCUT2D eigenvalue weighted by Crippen LogP contribution is 2.23. The summed E-state index contributed by atoms with van der Waals surface area (Å²) in [5, 5.41) is 1.31. The normalized spacial score (nSPS) is 15.8. The molecule has 126 valence electrons. The second-order valence-corrected chi connectivity index (χ2v) is 6.77. The average molecular weight is 328 g/mol. The van der Waals surface area contributed by atoms with E-state index in [0.717, 1.165) is 26.1 Å². The highest BCUT2D eigenvalue weighted by Gasteiger charge is 2.11. The van der Waals surface area contributed by atoms with Crippen molar-refractivity contribution in [2.45, 2.75) is 13.3 Å². The van der Waals surface area contributed by atoms with Crippen molar-refractivity contribution in [3.63, 3.8) is 0 Å². The van der Waals surface area contributed by atoms with Crippen LogP contribution in [0.2, 0.25) is 0 Å². The van der Waals surface area contributed by atoms with Crippen LogP contribution in [-0.4, -0.2) is 29.5 Å². The third-order valence-corrected chi connectivity index (χ3v) is 4.93. The van der Waals surface area contributed by atoms with Crippen LogP contribution in [0.4, 0.5) is 0 Å². The quantitative estimate of drug-likeness (QED) is 0.690. The van der Waals surface area contributed by atoms with E-state index in [1.165, 1.54) is 33.3 Å². The van der Waals surface area contributed by atoms with E-state index in [1.807, 2.05) is 0 Å². The molecule has 0 saturated heterocycles. The number of H-pyrrole nitrogens is 1. The monoisotopic (exact) mass is 328 g/mol. The number of fused-ring (bicyclic) bond motifs is 1. The van der Waals surface area contributed by atoms with E-state index in [9.17, 15) is 0 Å². The van der Waals surface area contributed by atoms with Crippen molar-refractivity contribution in [2.24, 2.45) is 0 Å². The summed E-state index contributed by atoms with van der Waals surface area (Å²) in [6, 6.07) is 19.4. The van der Waals surface area contributed by atoms with Gasteiger partial charge in [-0.3, -0.25) is 4.90 Å². The summed E-state index contributed by atoms with van der Waals surface area (Å²) in [5.74, 6) is 0. The Labute approximate surface area is 149 Å². The molecule has 0 radical (unpaired) electrons. The van der Waals surface area contributed by atoms with Crippen molar-refractivity contribution in [2.75, 3.05) is 19.6 Å². The molecule has 2 heterocycles. The van der Waals surface area contributed by atoms with Gasteiger partial charge in [0.25, 0.3) is 0 Å². The number of aromatic amines is 1. The summed E-state index contributed by atoms with van der Waals surface area (Å²) in [4.78, 5) is 5.90. The summed E-state index contributed by atoms with van der Waals surface area (Å²) in [6.45, 7) is 5.26. The molecule has 3 aromatic rings. The molecule has 0 atom stereocenters. The second-order valence-electron chi connectivity index (χ2n) is 6.77. The lowest BCUT2D eigenvalue weighted by Crippen LogP contribution is -2.28. The number of aromatic nitrogens is 1. The molecular weight excluding hydrogens is 304 g/mol. The molecule has 2 aromatic carbocycles. The maximum Gasteiger partial charge on any atom is 0.0462 e. The van der Waals surface area contributed by atoms with Gasteiger partial charge in [0.2, 0.25) is 0 Å². The summed E-state index contributed by atoms with van der Waals surface area (Å²) >= 11 is 0. The third-order valence-electron chi connectivity index (χ3n) is 4.93. The maximum absolute atomic E-state index is 3.41. The Balaban J connectivity index is 1.40. The van der Waals surface area contributed by atoms with Gasteiger partial charge < -0.3 is 4.98 Å². The molecule has 1 aromatic heterocycles. The van der Waals surface area contributed by atoms with Crippen LogP contribution >= 0.6 is 0 Å². The Bertz CT molecular complexity index is 916. The van der Waals surface area contributed by atoms with E-state index >= 15 is 0 Å². The van der Waals surface area contributed by atoms with Crippen molar-refractivity contribution in [3.8, 4) is 0 Å². The molecule has 1 N–H and O–H groups in total. The zero-order chi connectivity index (χ0) is 17.1. The van der Waals surface area contributed by atoms with Gasteiger partial charge in [-0.1, -0.05) is 60.7 Å². The molecule has 0 fully saturated rings. The van der Waals surface area contributed by atoms with E-state index in [2.05, 4.69) is 89.6 Å². The van der Waals surface area contributed by atoms with Gasteiger partial charge in [0, 0.05) is 36.2 Å². The highest BCUT2D eigenvalue weighted by atomic mass is 15.1. The van der Waals surface area contributed by atoms with Crippen LogP contribution in [0.1, 0.15) is 23.2 Å². The predicted molar refractivity (Wildman–Crippen MR) is 108 cm³/mol. The molecule has 0 aliphatic carbocycles. The largest absolute Gasteiger partial charge is 0.359 e. The first-order chi connectivity index (χ1) is 12.3. The lowest BCUT2D eigenvalue weighted by atomic mass is 9.99. The Morgan fingerprint density at radius 3 is 2.76 bits per heavy atom. The van der Waals surface area contributed by atoms with Gasteiger partial charge in [0.15, 0.2) is 0 Å². The van der Waals surface area contributed by atoms with Crippen molar-refractivity contribution in [3.05, 3.63) is 83.6 Å². The topological polar surface area (TPSA) is 19.0 Å². The molecule has 2 heteroatoms. The number of benzene rings is 2. The van der Waals surface area contributed by atoms with Gasteiger partial charge >= 0.3 is 0 Å². The first kappa shape index (κ1) is 15.9. The number of nitrogens with zero attached hydrogens (tertiary/aromatic N) is 1. The smallest absolute Gasteiger partial charge is 0.0462 e. The summed E-state index contributed by atoms with van der Waals surface area (Å²) in [6.07, 6.45) is 8.05. The molecule has 4 rings (SSSR count). The molecule has 0 amide bonds. The predicted octanol–water partition coefficient (Wildman–Crippen LogP) is 5.28. The molecule has 1 aliphatic rings. The summed E-state index contributed by atoms with van der Waals surface area (Å²) in [7, 11) is 0. The number of aryl methyl sites for hydroxylation is 1. The van der Waals surface area contributed by atoms with Crippen LogP contribution in [0.3, 0.4) is 0 Å². The van der Waals surface area contributed by atoms with Crippen LogP contribution in [0.5, 0.6) is 0 Å². The minimum Gasteiger partial charge on any atom is -0.359 e. The van der Waals surface area contributed by atoms with Crippen molar-refractivity contribution in [1.82, 2.24) is 9.88 Å². The van der Waals surface area contributed by atoms with Gasteiger partial charge in [0.05, 0.1) is 0 Å². The maximum atomic E-state index is 3.41. The molecule has 25 heavy (non-hydrogen) atoms. The van der Waals surface area contributed by atoms with Crippen molar-refractivity contribution in [1.29, 1.82) is 0 Å². The molecule has 2 nitrogen and oxygen atoms in total. The van der Waals surface area contributed by atoms with Gasteiger partial charge in [-0.15, -0.1) is 0 Å². The minimum atomic E-state index is 0.998. The lowest BCUT2D eigenvalue weighted by molar-refractivity contribution is 0.335. The standard InChI is InChI=1S/C23H24N2/c1-18-17-22-21(9-5-11-23(22)24-18)10-6-14-25-15-12-20(13-16-25)19-7-3-2-4-8-19/h2-12,17,24H,13-16H2,1H3. The first-order valence-corrected chi connectivity index (χ1v) is 9.01. The fourth-order valence-corrected chi connectivity index (χ4v) is 3.58. The van der Waals surface area contributed by atoms with Gasteiger partial charge in [-0.05, 0) is 42.2 Å². The minimum absolute atomic E-state index is 0.998.